The summed E-state index contributed by atoms with van der Waals surface area (Å²) in [6, 6.07) is 10.1. The van der Waals surface area contributed by atoms with E-state index < -0.39 is 0 Å². The summed E-state index contributed by atoms with van der Waals surface area (Å²) in [6.07, 6.45) is 1.96. The van der Waals surface area contributed by atoms with Gasteiger partial charge >= 0.3 is 0 Å². The highest BCUT2D eigenvalue weighted by Crippen LogP contribution is 2.03. The molecule has 3 N–H and O–H groups in total. The number of benzene rings is 1. The van der Waals surface area contributed by atoms with Gasteiger partial charge in [0.1, 0.15) is 0 Å². The Morgan fingerprint density at radius 3 is 2.55 bits per heavy atom. The Morgan fingerprint density at radius 2 is 1.95 bits per heavy atom. The van der Waals surface area contributed by atoms with Crippen molar-refractivity contribution >= 4 is 5.91 Å². The summed E-state index contributed by atoms with van der Waals surface area (Å²) in [6.45, 7) is 4.97. The summed E-state index contributed by atoms with van der Waals surface area (Å²) in [5, 5.41) is 15.5. The first-order chi connectivity index (χ1) is 9.61. The molecule has 1 atom stereocenters. The SMILES string of the molecule is CC(C)NCCCC(=O)N[C@H](CO)Cc1ccccc1. The molecule has 0 spiro atoms. The minimum atomic E-state index is -0.206. The Morgan fingerprint density at radius 1 is 1.25 bits per heavy atom. The normalized spacial score (nSPS) is 12.4. The Bertz CT molecular complexity index is 379. The molecule has 4 nitrogen and oxygen atoms in total. The fourth-order valence-corrected chi connectivity index (χ4v) is 2.00. The van der Waals surface area contributed by atoms with E-state index in [4.69, 9.17) is 0 Å². The van der Waals surface area contributed by atoms with Crippen molar-refractivity contribution in [1.29, 1.82) is 0 Å². The van der Waals surface area contributed by atoms with Crippen LogP contribution in [0.25, 0.3) is 0 Å². The highest BCUT2D eigenvalue weighted by atomic mass is 16.3. The molecule has 0 heterocycles. The molecule has 4 heteroatoms. The molecule has 0 radical (unpaired) electrons. The molecule has 0 bridgehead atoms. The average Bonchev–Trinajstić information content (AvgIpc) is 2.44. The van der Waals surface area contributed by atoms with Crippen molar-refractivity contribution < 1.29 is 9.90 Å². The predicted octanol–water partition coefficient (Wildman–Crippen LogP) is 1.48. The van der Waals surface area contributed by atoms with Crippen LogP contribution in [0.4, 0.5) is 0 Å². The minimum Gasteiger partial charge on any atom is -0.394 e. The maximum atomic E-state index is 11.8. The Labute approximate surface area is 121 Å². The van der Waals surface area contributed by atoms with E-state index >= 15 is 0 Å². The molecule has 0 saturated carbocycles. The molecule has 0 saturated heterocycles. The molecule has 112 valence electrons. The monoisotopic (exact) mass is 278 g/mol. The first kappa shape index (κ1) is 16.7. The van der Waals surface area contributed by atoms with Crippen LogP contribution < -0.4 is 10.6 Å². The van der Waals surface area contributed by atoms with E-state index in [0.717, 1.165) is 18.5 Å². The molecule has 1 amide bonds. The van der Waals surface area contributed by atoms with E-state index in [1.807, 2.05) is 30.3 Å². The summed E-state index contributed by atoms with van der Waals surface area (Å²) in [4.78, 5) is 11.8. The average molecular weight is 278 g/mol. The molecule has 0 aromatic heterocycles. The van der Waals surface area contributed by atoms with Crippen LogP contribution in [0.5, 0.6) is 0 Å². The van der Waals surface area contributed by atoms with Crippen molar-refractivity contribution in [3.63, 3.8) is 0 Å². The molecule has 0 unspecified atom stereocenters. The van der Waals surface area contributed by atoms with Crippen LogP contribution in [0.1, 0.15) is 32.3 Å². The number of hydrogen-bond donors (Lipinski definition) is 3. The van der Waals surface area contributed by atoms with E-state index in [9.17, 15) is 9.90 Å². The standard InChI is InChI=1S/C16H26N2O2/c1-13(2)17-10-6-9-16(20)18-15(12-19)11-14-7-4-3-5-8-14/h3-5,7-8,13,15,17,19H,6,9-12H2,1-2H3,(H,18,20)/t15-/m0/s1. The van der Waals surface area contributed by atoms with Gasteiger partial charge in [0, 0.05) is 12.5 Å². The molecule has 1 aromatic carbocycles. The van der Waals surface area contributed by atoms with Gasteiger partial charge in [-0.05, 0) is 24.9 Å². The van der Waals surface area contributed by atoms with Crippen molar-refractivity contribution in [1.82, 2.24) is 10.6 Å². The fourth-order valence-electron chi connectivity index (χ4n) is 2.00. The first-order valence-electron chi connectivity index (χ1n) is 7.29. The van der Waals surface area contributed by atoms with E-state index in [2.05, 4.69) is 24.5 Å². The van der Waals surface area contributed by atoms with Crippen LogP contribution in [-0.2, 0) is 11.2 Å². The van der Waals surface area contributed by atoms with Crippen molar-refractivity contribution in [3.8, 4) is 0 Å². The van der Waals surface area contributed by atoms with Gasteiger partial charge in [0.15, 0.2) is 0 Å². The minimum absolute atomic E-state index is 0.00513. The number of carbonyl (C=O) groups excluding carboxylic acids is 1. The topological polar surface area (TPSA) is 61.4 Å². The number of hydrogen-bond acceptors (Lipinski definition) is 3. The molecule has 0 aliphatic carbocycles. The van der Waals surface area contributed by atoms with Crippen LogP contribution >= 0.6 is 0 Å². The fraction of sp³-hybridized carbons (Fsp3) is 0.562. The van der Waals surface area contributed by atoms with Gasteiger partial charge in [-0.15, -0.1) is 0 Å². The van der Waals surface area contributed by atoms with Crippen LogP contribution in [0, 0.1) is 0 Å². The maximum absolute atomic E-state index is 11.8. The second-order valence-electron chi connectivity index (χ2n) is 5.35. The zero-order valence-corrected chi connectivity index (χ0v) is 12.4. The third kappa shape index (κ3) is 7.26. The summed E-state index contributed by atoms with van der Waals surface area (Å²) >= 11 is 0. The predicted molar refractivity (Wildman–Crippen MR) is 81.5 cm³/mol. The van der Waals surface area contributed by atoms with E-state index in [0.29, 0.717) is 18.9 Å². The summed E-state index contributed by atoms with van der Waals surface area (Å²) in [5.74, 6) is 0.00513. The van der Waals surface area contributed by atoms with E-state index in [-0.39, 0.29) is 18.6 Å². The lowest BCUT2D eigenvalue weighted by molar-refractivity contribution is -0.122. The van der Waals surface area contributed by atoms with Crippen molar-refractivity contribution in [3.05, 3.63) is 35.9 Å². The lowest BCUT2D eigenvalue weighted by atomic mass is 10.1. The third-order valence-corrected chi connectivity index (χ3v) is 3.04. The molecule has 1 aromatic rings. The van der Waals surface area contributed by atoms with Gasteiger partial charge < -0.3 is 15.7 Å². The number of aliphatic hydroxyl groups is 1. The lowest BCUT2D eigenvalue weighted by Crippen LogP contribution is -2.39. The molecule has 0 fully saturated rings. The van der Waals surface area contributed by atoms with Crippen molar-refractivity contribution in [2.75, 3.05) is 13.2 Å². The zero-order valence-electron chi connectivity index (χ0n) is 12.4. The third-order valence-electron chi connectivity index (χ3n) is 3.04. The van der Waals surface area contributed by atoms with Crippen LogP contribution in [0.15, 0.2) is 30.3 Å². The Balaban J connectivity index is 2.27. The van der Waals surface area contributed by atoms with Crippen LogP contribution in [-0.4, -0.2) is 36.2 Å². The van der Waals surface area contributed by atoms with Gasteiger partial charge in [-0.3, -0.25) is 4.79 Å². The van der Waals surface area contributed by atoms with E-state index in [1.165, 1.54) is 0 Å². The molecule has 0 aliphatic rings. The second kappa shape index (κ2) is 9.50. The molecular formula is C16H26N2O2. The van der Waals surface area contributed by atoms with Crippen LogP contribution in [0.2, 0.25) is 0 Å². The smallest absolute Gasteiger partial charge is 0.220 e. The number of aliphatic hydroxyl groups excluding tert-OH is 1. The van der Waals surface area contributed by atoms with Gasteiger partial charge in [-0.1, -0.05) is 44.2 Å². The molecule has 20 heavy (non-hydrogen) atoms. The highest BCUT2D eigenvalue weighted by molar-refractivity contribution is 5.76. The van der Waals surface area contributed by atoms with Crippen LogP contribution in [0.3, 0.4) is 0 Å². The van der Waals surface area contributed by atoms with E-state index in [1.54, 1.807) is 0 Å². The number of rotatable bonds is 9. The lowest BCUT2D eigenvalue weighted by Gasteiger charge is -2.16. The Hall–Kier alpha value is -1.39. The first-order valence-corrected chi connectivity index (χ1v) is 7.29. The maximum Gasteiger partial charge on any atom is 0.220 e. The number of carbonyl (C=O) groups is 1. The van der Waals surface area contributed by atoms with Gasteiger partial charge in [-0.2, -0.15) is 0 Å². The Kier molecular flexibility index (Phi) is 7.92. The van der Waals surface area contributed by atoms with Gasteiger partial charge in [0.25, 0.3) is 0 Å². The highest BCUT2D eigenvalue weighted by Gasteiger charge is 2.11. The molecular weight excluding hydrogens is 252 g/mol. The zero-order chi connectivity index (χ0) is 14.8. The largest absolute Gasteiger partial charge is 0.394 e. The second-order valence-corrected chi connectivity index (χ2v) is 5.35. The summed E-state index contributed by atoms with van der Waals surface area (Å²) < 4.78 is 0. The van der Waals surface area contributed by atoms with Gasteiger partial charge in [0.2, 0.25) is 5.91 Å². The van der Waals surface area contributed by atoms with Gasteiger partial charge in [0.05, 0.1) is 12.6 Å². The number of nitrogens with one attached hydrogen (secondary N) is 2. The number of amides is 1. The van der Waals surface area contributed by atoms with Crippen molar-refractivity contribution in [2.45, 2.75) is 45.2 Å². The summed E-state index contributed by atoms with van der Waals surface area (Å²) in [5.41, 5.74) is 1.12. The molecule has 0 aliphatic heterocycles. The summed E-state index contributed by atoms with van der Waals surface area (Å²) in [7, 11) is 0. The quantitative estimate of drug-likeness (QED) is 0.600. The van der Waals surface area contributed by atoms with Gasteiger partial charge in [-0.25, -0.2) is 0 Å². The molecule has 1 rings (SSSR count). The van der Waals surface area contributed by atoms with Crippen molar-refractivity contribution in [2.24, 2.45) is 0 Å².